The van der Waals surface area contributed by atoms with Gasteiger partial charge in [-0.05, 0) is 43.9 Å². The van der Waals surface area contributed by atoms with Gasteiger partial charge in [-0.25, -0.2) is 0 Å². The van der Waals surface area contributed by atoms with Gasteiger partial charge in [0.05, 0.1) is 5.69 Å². The molecule has 0 spiro atoms. The van der Waals surface area contributed by atoms with Gasteiger partial charge in [0.2, 0.25) is 0 Å². The van der Waals surface area contributed by atoms with Crippen LogP contribution in [0.3, 0.4) is 0 Å². The Hall–Kier alpha value is -2.08. The van der Waals surface area contributed by atoms with Gasteiger partial charge in [-0.3, -0.25) is 9.59 Å². The number of nitrogens with one attached hydrogen (secondary N) is 1. The average Bonchev–Trinajstić information content (AvgIpc) is 2.54. The molecule has 118 valence electrons. The van der Waals surface area contributed by atoms with Crippen LogP contribution in [0, 0.1) is 0 Å². The van der Waals surface area contributed by atoms with Crippen molar-refractivity contribution in [3.8, 4) is 5.75 Å². The molecule has 1 saturated heterocycles. The van der Waals surface area contributed by atoms with Crippen molar-refractivity contribution >= 4 is 17.5 Å². The largest absolute Gasteiger partial charge is 0.482 e. The minimum absolute atomic E-state index is 0.00495. The summed E-state index contributed by atoms with van der Waals surface area (Å²) >= 11 is 0. The first-order valence-corrected chi connectivity index (χ1v) is 7.67. The Kier molecular flexibility index (Phi) is 4.29. The van der Waals surface area contributed by atoms with E-state index >= 15 is 0 Å². The smallest absolute Gasteiger partial charge is 0.262 e. The van der Waals surface area contributed by atoms with E-state index in [1.165, 1.54) is 0 Å². The number of ether oxygens (including phenoxy) is 1. The zero-order valence-electron chi connectivity index (χ0n) is 12.4. The molecule has 2 N–H and O–H groups in total. The van der Waals surface area contributed by atoms with E-state index in [1.54, 1.807) is 18.2 Å². The molecule has 2 aliphatic rings. The zero-order chi connectivity index (χ0) is 15.5. The van der Waals surface area contributed by atoms with Gasteiger partial charge >= 0.3 is 0 Å². The van der Waals surface area contributed by atoms with E-state index in [2.05, 4.69) is 5.32 Å². The summed E-state index contributed by atoms with van der Waals surface area (Å²) in [6, 6.07) is 5.20. The van der Waals surface area contributed by atoms with E-state index in [1.807, 2.05) is 4.90 Å². The van der Waals surface area contributed by atoms with Crippen molar-refractivity contribution in [1.29, 1.82) is 0 Å². The molecule has 1 aromatic rings. The van der Waals surface area contributed by atoms with E-state index in [4.69, 9.17) is 4.74 Å². The molecular formula is C16H20N2O4. The summed E-state index contributed by atoms with van der Waals surface area (Å²) in [6.07, 6.45) is 3.61. The minimum Gasteiger partial charge on any atom is -0.482 e. The number of aliphatic hydroxyl groups excluding tert-OH is 1. The highest BCUT2D eigenvalue weighted by Crippen LogP contribution is 2.30. The Morgan fingerprint density at radius 3 is 3.09 bits per heavy atom. The first kappa shape index (κ1) is 14.8. The summed E-state index contributed by atoms with van der Waals surface area (Å²) < 4.78 is 5.31. The van der Waals surface area contributed by atoms with E-state index in [0.29, 0.717) is 30.0 Å². The second-order valence-corrected chi connectivity index (χ2v) is 5.71. The highest BCUT2D eigenvalue weighted by atomic mass is 16.5. The Morgan fingerprint density at radius 1 is 1.41 bits per heavy atom. The van der Waals surface area contributed by atoms with Crippen LogP contribution in [0.1, 0.15) is 36.0 Å². The summed E-state index contributed by atoms with van der Waals surface area (Å²) in [5.41, 5.74) is 1.08. The highest BCUT2D eigenvalue weighted by molar-refractivity contribution is 6.00. The Labute approximate surface area is 129 Å². The number of piperidine rings is 1. The fourth-order valence-corrected chi connectivity index (χ4v) is 3.10. The monoisotopic (exact) mass is 304 g/mol. The van der Waals surface area contributed by atoms with Crippen molar-refractivity contribution in [3.63, 3.8) is 0 Å². The number of carbonyl (C=O) groups is 2. The van der Waals surface area contributed by atoms with Crippen molar-refractivity contribution in [3.05, 3.63) is 23.8 Å². The summed E-state index contributed by atoms with van der Waals surface area (Å²) in [7, 11) is 0. The highest BCUT2D eigenvalue weighted by Gasteiger charge is 2.28. The zero-order valence-corrected chi connectivity index (χ0v) is 12.4. The lowest BCUT2D eigenvalue weighted by Gasteiger charge is -2.35. The van der Waals surface area contributed by atoms with Crippen LogP contribution in [0.15, 0.2) is 18.2 Å². The van der Waals surface area contributed by atoms with E-state index < -0.39 is 0 Å². The number of fused-ring (bicyclic) bond motifs is 1. The molecule has 6 nitrogen and oxygen atoms in total. The summed E-state index contributed by atoms with van der Waals surface area (Å²) in [5.74, 6) is 0.315. The van der Waals surface area contributed by atoms with Gasteiger partial charge < -0.3 is 20.1 Å². The summed E-state index contributed by atoms with van der Waals surface area (Å²) in [5, 5.41) is 11.9. The number of likely N-dealkylation sites (tertiary alicyclic amines) is 1. The molecule has 22 heavy (non-hydrogen) atoms. The molecular weight excluding hydrogens is 284 g/mol. The molecule has 2 aliphatic heterocycles. The Morgan fingerprint density at radius 2 is 2.27 bits per heavy atom. The number of aliphatic hydroxyl groups is 1. The van der Waals surface area contributed by atoms with Crippen molar-refractivity contribution in [2.45, 2.75) is 31.7 Å². The van der Waals surface area contributed by atoms with Gasteiger partial charge in [0.25, 0.3) is 11.8 Å². The van der Waals surface area contributed by atoms with Crippen LogP contribution in [0.4, 0.5) is 5.69 Å². The van der Waals surface area contributed by atoms with E-state index in [9.17, 15) is 14.7 Å². The fourth-order valence-electron chi connectivity index (χ4n) is 3.10. The van der Waals surface area contributed by atoms with Gasteiger partial charge in [0, 0.05) is 24.8 Å². The van der Waals surface area contributed by atoms with Gasteiger partial charge in [-0.15, -0.1) is 0 Å². The predicted molar refractivity (Wildman–Crippen MR) is 80.9 cm³/mol. The first-order valence-electron chi connectivity index (χ1n) is 7.67. The molecule has 2 amide bonds. The molecule has 0 aromatic heterocycles. The molecule has 1 atom stereocenters. The molecule has 1 unspecified atom stereocenters. The number of rotatable bonds is 3. The van der Waals surface area contributed by atoms with Crippen molar-refractivity contribution in [2.75, 3.05) is 25.1 Å². The molecule has 6 heteroatoms. The second kappa shape index (κ2) is 6.36. The van der Waals surface area contributed by atoms with Crippen LogP contribution in [-0.4, -0.2) is 47.6 Å². The van der Waals surface area contributed by atoms with Crippen molar-refractivity contribution < 1.29 is 19.4 Å². The number of carbonyl (C=O) groups excluding carboxylic acids is 2. The molecule has 0 bridgehead atoms. The first-order chi connectivity index (χ1) is 10.7. The minimum atomic E-state index is -0.215. The number of benzene rings is 1. The van der Waals surface area contributed by atoms with Crippen molar-refractivity contribution in [1.82, 2.24) is 4.90 Å². The quantitative estimate of drug-likeness (QED) is 0.884. The maximum atomic E-state index is 12.7. The third-order valence-corrected chi connectivity index (χ3v) is 4.21. The molecule has 0 radical (unpaired) electrons. The second-order valence-electron chi connectivity index (χ2n) is 5.71. The molecule has 1 fully saturated rings. The van der Waals surface area contributed by atoms with E-state index in [-0.39, 0.29) is 31.1 Å². The number of hydrogen-bond acceptors (Lipinski definition) is 4. The predicted octanol–water partition coefficient (Wildman–Crippen LogP) is 1.39. The topological polar surface area (TPSA) is 78.9 Å². The molecule has 0 saturated carbocycles. The maximum Gasteiger partial charge on any atom is 0.262 e. The lowest BCUT2D eigenvalue weighted by atomic mass is 9.98. The van der Waals surface area contributed by atoms with Gasteiger partial charge in [0.1, 0.15) is 5.75 Å². The van der Waals surface area contributed by atoms with Crippen LogP contribution in [0.2, 0.25) is 0 Å². The lowest BCUT2D eigenvalue weighted by molar-refractivity contribution is -0.118. The average molecular weight is 304 g/mol. The fraction of sp³-hybridized carbons (Fsp3) is 0.500. The van der Waals surface area contributed by atoms with Crippen LogP contribution in [0.5, 0.6) is 5.75 Å². The molecule has 3 rings (SSSR count). The molecule has 2 heterocycles. The number of hydrogen-bond donors (Lipinski definition) is 2. The van der Waals surface area contributed by atoms with Crippen LogP contribution in [0.25, 0.3) is 0 Å². The normalized spacial score (nSPS) is 20.9. The van der Waals surface area contributed by atoms with Gasteiger partial charge in [0.15, 0.2) is 6.61 Å². The Balaban J connectivity index is 1.82. The third kappa shape index (κ3) is 2.92. The maximum absolute atomic E-state index is 12.7. The molecule has 0 aliphatic carbocycles. The van der Waals surface area contributed by atoms with Gasteiger partial charge in [-0.2, -0.15) is 0 Å². The Bertz CT molecular complexity index is 586. The summed E-state index contributed by atoms with van der Waals surface area (Å²) in [4.78, 5) is 26.0. The third-order valence-electron chi connectivity index (χ3n) is 4.21. The SMILES string of the molecule is O=C1COc2ccc(C(=O)N3CCCCC3CCO)cc2N1. The van der Waals surface area contributed by atoms with Crippen molar-refractivity contribution in [2.24, 2.45) is 0 Å². The van der Waals surface area contributed by atoms with Gasteiger partial charge in [-0.1, -0.05) is 0 Å². The van der Waals surface area contributed by atoms with E-state index in [0.717, 1.165) is 19.3 Å². The van der Waals surface area contributed by atoms with Crippen LogP contribution in [-0.2, 0) is 4.79 Å². The molecule has 1 aromatic carbocycles. The number of amides is 2. The summed E-state index contributed by atoms with van der Waals surface area (Å²) in [6.45, 7) is 0.803. The van der Waals surface area contributed by atoms with Crippen LogP contribution >= 0.6 is 0 Å². The standard InChI is InChI=1S/C16H20N2O4/c19-8-6-12-3-1-2-7-18(12)16(21)11-4-5-14-13(9-11)17-15(20)10-22-14/h4-5,9,12,19H,1-3,6-8,10H2,(H,17,20). The van der Waals surface area contributed by atoms with Crippen LogP contribution < -0.4 is 10.1 Å². The number of anilines is 1. The number of nitrogens with zero attached hydrogens (tertiary/aromatic N) is 1. The lowest BCUT2D eigenvalue weighted by Crippen LogP contribution is -2.44.